The van der Waals surface area contributed by atoms with Crippen molar-refractivity contribution in [3.8, 4) is 5.75 Å². The highest BCUT2D eigenvalue weighted by Gasteiger charge is 2.40. The van der Waals surface area contributed by atoms with E-state index in [0.717, 1.165) is 25.1 Å². The van der Waals surface area contributed by atoms with E-state index in [1.807, 2.05) is 18.2 Å². The minimum Gasteiger partial charge on any atom is -0.497 e. The molecule has 4 rings (SSSR count). The zero-order valence-electron chi connectivity index (χ0n) is 15.2. The predicted molar refractivity (Wildman–Crippen MR) is 102 cm³/mol. The van der Waals surface area contributed by atoms with Gasteiger partial charge in [0.2, 0.25) is 0 Å². The number of nitrogens with zero attached hydrogens (tertiary/aromatic N) is 1. The summed E-state index contributed by atoms with van der Waals surface area (Å²) in [6, 6.07) is 19.5. The van der Waals surface area contributed by atoms with Crippen LogP contribution in [0.25, 0.3) is 0 Å². The van der Waals surface area contributed by atoms with Gasteiger partial charge in [-0.05, 0) is 49.4 Å². The molecule has 2 fully saturated rings. The van der Waals surface area contributed by atoms with Gasteiger partial charge in [-0.15, -0.1) is 0 Å². The molecule has 2 bridgehead atoms. The Morgan fingerprint density at radius 3 is 2.50 bits per heavy atom. The van der Waals surface area contributed by atoms with Crippen LogP contribution < -0.4 is 10.1 Å². The van der Waals surface area contributed by atoms with Gasteiger partial charge in [-0.3, -0.25) is 9.69 Å². The van der Waals surface area contributed by atoms with Crippen LogP contribution in [-0.2, 0) is 6.54 Å². The molecule has 26 heavy (non-hydrogen) atoms. The Kier molecular flexibility index (Phi) is 4.93. The minimum absolute atomic E-state index is 0.00445. The Morgan fingerprint density at radius 2 is 1.81 bits per heavy atom. The lowest BCUT2D eigenvalue weighted by molar-refractivity contribution is 0.0827. The SMILES string of the molecule is COc1cccc(C(=O)NC2C[C@@H]3CC[C@@H](C2)N3Cc2ccccc2)c1. The summed E-state index contributed by atoms with van der Waals surface area (Å²) in [4.78, 5) is 15.2. The normalized spacial score (nSPS) is 25.0. The van der Waals surface area contributed by atoms with Gasteiger partial charge < -0.3 is 10.1 Å². The van der Waals surface area contributed by atoms with Crippen molar-refractivity contribution in [2.75, 3.05) is 7.11 Å². The van der Waals surface area contributed by atoms with Gasteiger partial charge >= 0.3 is 0 Å². The number of hydrogen-bond donors (Lipinski definition) is 1. The number of fused-ring (bicyclic) bond motifs is 2. The summed E-state index contributed by atoms with van der Waals surface area (Å²) in [5, 5.41) is 3.25. The van der Waals surface area contributed by atoms with E-state index in [1.165, 1.54) is 18.4 Å². The van der Waals surface area contributed by atoms with Crippen LogP contribution in [0.2, 0.25) is 0 Å². The molecule has 136 valence electrons. The number of rotatable bonds is 5. The maximum atomic E-state index is 12.6. The highest BCUT2D eigenvalue weighted by Crippen LogP contribution is 2.37. The fourth-order valence-corrected chi connectivity index (χ4v) is 4.48. The van der Waals surface area contributed by atoms with Crippen molar-refractivity contribution in [1.29, 1.82) is 0 Å². The predicted octanol–water partition coefficient (Wildman–Crippen LogP) is 3.62. The summed E-state index contributed by atoms with van der Waals surface area (Å²) in [7, 11) is 1.62. The monoisotopic (exact) mass is 350 g/mol. The second-order valence-electron chi connectivity index (χ2n) is 7.42. The highest BCUT2D eigenvalue weighted by atomic mass is 16.5. The molecule has 2 aliphatic rings. The Hall–Kier alpha value is -2.33. The molecule has 2 heterocycles. The lowest BCUT2D eigenvalue weighted by atomic mass is 9.96. The third-order valence-electron chi connectivity index (χ3n) is 5.76. The number of hydrogen-bond acceptors (Lipinski definition) is 3. The third-order valence-corrected chi connectivity index (χ3v) is 5.76. The third kappa shape index (κ3) is 3.61. The van der Waals surface area contributed by atoms with Crippen molar-refractivity contribution in [3.05, 3.63) is 65.7 Å². The van der Waals surface area contributed by atoms with Gasteiger partial charge in [0.25, 0.3) is 5.91 Å². The summed E-state index contributed by atoms with van der Waals surface area (Å²) < 4.78 is 5.22. The molecule has 2 aromatic rings. The lowest BCUT2D eigenvalue weighted by Crippen LogP contribution is -2.49. The number of benzene rings is 2. The maximum Gasteiger partial charge on any atom is 0.251 e. The molecule has 0 spiro atoms. The molecule has 0 unspecified atom stereocenters. The van der Waals surface area contributed by atoms with Gasteiger partial charge in [-0.25, -0.2) is 0 Å². The van der Waals surface area contributed by atoms with Crippen LogP contribution in [0.5, 0.6) is 5.75 Å². The lowest BCUT2D eigenvalue weighted by Gasteiger charge is -2.39. The van der Waals surface area contributed by atoms with E-state index >= 15 is 0 Å². The molecule has 4 heteroatoms. The fourth-order valence-electron chi connectivity index (χ4n) is 4.48. The van der Waals surface area contributed by atoms with E-state index in [9.17, 15) is 4.79 Å². The van der Waals surface area contributed by atoms with Crippen molar-refractivity contribution >= 4 is 5.91 Å². The van der Waals surface area contributed by atoms with Gasteiger partial charge in [0.15, 0.2) is 0 Å². The second kappa shape index (κ2) is 7.50. The first-order valence-electron chi connectivity index (χ1n) is 9.47. The zero-order valence-corrected chi connectivity index (χ0v) is 15.2. The first kappa shape index (κ1) is 17.1. The summed E-state index contributed by atoms with van der Waals surface area (Å²) in [6.45, 7) is 1.02. The molecule has 0 aromatic heterocycles. The van der Waals surface area contributed by atoms with Gasteiger partial charge in [0, 0.05) is 30.2 Å². The van der Waals surface area contributed by atoms with Crippen molar-refractivity contribution in [2.45, 2.75) is 50.4 Å². The molecule has 2 saturated heterocycles. The van der Waals surface area contributed by atoms with Crippen molar-refractivity contribution in [2.24, 2.45) is 0 Å². The van der Waals surface area contributed by atoms with Crippen LogP contribution in [-0.4, -0.2) is 36.0 Å². The Labute approximate surface area is 155 Å². The topological polar surface area (TPSA) is 41.6 Å². The standard InChI is InChI=1S/C22H26N2O2/c1-26-21-9-5-8-17(12-21)22(25)23-18-13-19-10-11-20(14-18)24(19)15-16-6-3-2-4-7-16/h2-9,12,18-20H,10-11,13-15H2,1H3,(H,23,25)/t19-,20-/m0/s1. The molecule has 0 saturated carbocycles. The number of carbonyl (C=O) groups is 1. The van der Waals surface area contributed by atoms with Gasteiger partial charge in [-0.2, -0.15) is 0 Å². The summed E-state index contributed by atoms with van der Waals surface area (Å²) in [6.07, 6.45) is 4.56. The summed E-state index contributed by atoms with van der Waals surface area (Å²) in [5.74, 6) is 0.722. The van der Waals surface area contributed by atoms with E-state index in [4.69, 9.17) is 4.74 Å². The molecular formula is C22H26N2O2. The van der Waals surface area contributed by atoms with Crippen molar-refractivity contribution in [1.82, 2.24) is 10.2 Å². The van der Waals surface area contributed by atoms with Crippen molar-refractivity contribution in [3.63, 3.8) is 0 Å². The quantitative estimate of drug-likeness (QED) is 0.895. The number of methoxy groups -OCH3 is 1. The average Bonchev–Trinajstić information content (AvgIpc) is 2.90. The summed E-state index contributed by atoms with van der Waals surface area (Å²) in [5.41, 5.74) is 2.05. The van der Waals surface area contributed by atoms with Crippen LogP contribution >= 0.6 is 0 Å². The van der Waals surface area contributed by atoms with E-state index in [0.29, 0.717) is 17.6 Å². The van der Waals surface area contributed by atoms with E-state index < -0.39 is 0 Å². The molecule has 4 nitrogen and oxygen atoms in total. The second-order valence-corrected chi connectivity index (χ2v) is 7.42. The number of amides is 1. The van der Waals surface area contributed by atoms with Crippen LogP contribution in [0.15, 0.2) is 54.6 Å². The maximum absolute atomic E-state index is 12.6. The number of nitrogens with one attached hydrogen (secondary N) is 1. The molecule has 2 atom stereocenters. The molecule has 0 aliphatic carbocycles. The van der Waals surface area contributed by atoms with Crippen molar-refractivity contribution < 1.29 is 9.53 Å². The Bertz CT molecular complexity index is 748. The fraction of sp³-hybridized carbons (Fsp3) is 0.409. The van der Waals surface area contributed by atoms with Gasteiger partial charge in [0.1, 0.15) is 5.75 Å². The first-order chi connectivity index (χ1) is 12.7. The molecule has 2 aromatic carbocycles. The average molecular weight is 350 g/mol. The van der Waals surface area contributed by atoms with E-state index in [-0.39, 0.29) is 11.9 Å². The minimum atomic E-state index is 0.00445. The zero-order chi connectivity index (χ0) is 17.9. The Balaban J connectivity index is 1.38. The number of piperidine rings is 1. The molecule has 1 N–H and O–H groups in total. The number of carbonyl (C=O) groups excluding carboxylic acids is 1. The molecular weight excluding hydrogens is 324 g/mol. The highest BCUT2D eigenvalue weighted by molar-refractivity contribution is 5.94. The smallest absolute Gasteiger partial charge is 0.251 e. The van der Waals surface area contributed by atoms with Gasteiger partial charge in [-0.1, -0.05) is 36.4 Å². The molecule has 0 radical (unpaired) electrons. The summed E-state index contributed by atoms with van der Waals surface area (Å²) >= 11 is 0. The Morgan fingerprint density at radius 1 is 1.08 bits per heavy atom. The molecule has 2 aliphatic heterocycles. The van der Waals surface area contributed by atoms with Crippen LogP contribution in [0.4, 0.5) is 0 Å². The first-order valence-corrected chi connectivity index (χ1v) is 9.47. The van der Waals surface area contributed by atoms with E-state index in [1.54, 1.807) is 13.2 Å². The van der Waals surface area contributed by atoms with Crippen LogP contribution in [0, 0.1) is 0 Å². The van der Waals surface area contributed by atoms with Crippen LogP contribution in [0.3, 0.4) is 0 Å². The van der Waals surface area contributed by atoms with Crippen LogP contribution in [0.1, 0.15) is 41.6 Å². The van der Waals surface area contributed by atoms with Gasteiger partial charge in [0.05, 0.1) is 7.11 Å². The largest absolute Gasteiger partial charge is 0.497 e. The van der Waals surface area contributed by atoms with E-state index in [2.05, 4.69) is 40.5 Å². The number of ether oxygens (including phenoxy) is 1. The molecule has 1 amide bonds.